The zero-order valence-electron chi connectivity index (χ0n) is 10.7. The Morgan fingerprint density at radius 2 is 1.42 bits per heavy atom. The Bertz CT molecular complexity index is 471. The minimum Gasteiger partial charge on any atom is -0.393 e. The number of hydrogen-bond donors (Lipinski definition) is 1. The molecule has 19 heavy (non-hydrogen) atoms. The van der Waals surface area contributed by atoms with E-state index in [0.717, 1.165) is 12.2 Å². The van der Waals surface area contributed by atoms with Crippen LogP contribution in [0.15, 0.2) is 60.7 Å². The third-order valence-electron chi connectivity index (χ3n) is 2.84. The summed E-state index contributed by atoms with van der Waals surface area (Å²) in [5.74, 6) is 0.948. The molecule has 1 nitrogen and oxygen atoms in total. The normalized spacial score (nSPS) is 10.6. The average molecular weight is 287 g/mol. The molecule has 2 rings (SSSR count). The quantitative estimate of drug-likeness (QED) is 0.807. The van der Waals surface area contributed by atoms with Gasteiger partial charge >= 0.3 is 0 Å². The lowest BCUT2D eigenvalue weighted by Gasteiger charge is -2.17. The first-order valence-corrected chi connectivity index (χ1v) is 7.73. The molecule has 0 saturated heterocycles. The lowest BCUT2D eigenvalue weighted by molar-refractivity contribution is 1.14. The number of benzene rings is 2. The van der Waals surface area contributed by atoms with Crippen molar-refractivity contribution >= 4 is 29.0 Å². The van der Waals surface area contributed by atoms with Crippen LogP contribution in [0, 0.1) is 0 Å². The Labute approximate surface area is 124 Å². The first-order chi connectivity index (χ1) is 9.27. The van der Waals surface area contributed by atoms with Crippen LogP contribution >= 0.6 is 24.0 Å². The van der Waals surface area contributed by atoms with Gasteiger partial charge in [0.15, 0.2) is 0 Å². The molecule has 2 aromatic rings. The van der Waals surface area contributed by atoms with Gasteiger partial charge in [-0.3, -0.25) is 0 Å². The van der Waals surface area contributed by atoms with Gasteiger partial charge in [-0.1, -0.05) is 72.9 Å². The highest BCUT2D eigenvalue weighted by Gasteiger charge is 2.13. The lowest BCUT2D eigenvalue weighted by Crippen LogP contribution is -2.09. The van der Waals surface area contributed by atoms with E-state index in [-0.39, 0.29) is 0 Å². The molecule has 0 atom stereocenters. The Morgan fingerprint density at radius 3 is 1.84 bits per heavy atom. The number of nitrogens with two attached hydrogens (primary N) is 1. The highest BCUT2D eigenvalue weighted by atomic mass is 32.2. The average Bonchev–Trinajstić information content (AvgIpc) is 2.45. The molecule has 0 amide bonds. The van der Waals surface area contributed by atoms with Crippen molar-refractivity contribution in [2.45, 2.75) is 11.7 Å². The summed E-state index contributed by atoms with van der Waals surface area (Å²) in [5.41, 5.74) is 8.22. The molecular formula is C16H17NS2. The highest BCUT2D eigenvalue weighted by Crippen LogP contribution is 2.35. The van der Waals surface area contributed by atoms with E-state index in [9.17, 15) is 0 Å². The Morgan fingerprint density at radius 1 is 0.947 bits per heavy atom. The van der Waals surface area contributed by atoms with Crippen LogP contribution in [-0.4, -0.2) is 10.7 Å². The minimum absolute atomic E-state index is 0.344. The first-order valence-electron chi connectivity index (χ1n) is 6.27. The van der Waals surface area contributed by atoms with Crippen molar-refractivity contribution in [3.05, 3.63) is 71.8 Å². The van der Waals surface area contributed by atoms with Crippen LogP contribution in [-0.2, 0) is 0 Å². The maximum absolute atomic E-state index is 5.57. The van der Waals surface area contributed by atoms with E-state index >= 15 is 0 Å². The van der Waals surface area contributed by atoms with Crippen molar-refractivity contribution in [2.75, 3.05) is 5.75 Å². The fourth-order valence-corrected chi connectivity index (χ4v) is 3.42. The number of hydrogen-bond acceptors (Lipinski definition) is 2. The van der Waals surface area contributed by atoms with Gasteiger partial charge < -0.3 is 5.73 Å². The molecule has 0 heterocycles. The zero-order chi connectivity index (χ0) is 13.5. The molecule has 2 N–H and O–H groups in total. The summed E-state index contributed by atoms with van der Waals surface area (Å²) in [5, 5.41) is 0.344. The summed E-state index contributed by atoms with van der Waals surface area (Å²) in [6.45, 7) is 0. The SMILES string of the molecule is NC(=S)CCSC(c1ccccc1)c1ccccc1. The van der Waals surface area contributed by atoms with Crippen LogP contribution < -0.4 is 5.73 Å². The van der Waals surface area contributed by atoms with Crippen molar-refractivity contribution in [1.29, 1.82) is 0 Å². The molecule has 0 aliphatic carbocycles. The summed E-state index contributed by atoms with van der Waals surface area (Å²) in [6, 6.07) is 21.1. The second-order valence-electron chi connectivity index (χ2n) is 4.29. The predicted octanol–water partition coefficient (Wildman–Crippen LogP) is 4.19. The van der Waals surface area contributed by atoms with Crippen molar-refractivity contribution in [3.63, 3.8) is 0 Å². The molecule has 0 aliphatic rings. The Balaban J connectivity index is 2.17. The van der Waals surface area contributed by atoms with Gasteiger partial charge in [0, 0.05) is 12.2 Å². The number of thiocarbonyl (C=S) groups is 1. The molecule has 0 aromatic heterocycles. The molecule has 0 radical (unpaired) electrons. The number of rotatable bonds is 6. The standard InChI is InChI=1S/C16H17NS2/c17-15(18)11-12-19-16(13-7-3-1-4-8-13)14-9-5-2-6-10-14/h1-10,16H,11-12H2,(H2,17,18). The first kappa shape index (κ1) is 14.1. The van der Waals surface area contributed by atoms with Gasteiger partial charge in [-0.15, -0.1) is 11.8 Å². The van der Waals surface area contributed by atoms with Crippen LogP contribution in [0.4, 0.5) is 0 Å². The van der Waals surface area contributed by atoms with E-state index in [0.29, 0.717) is 10.2 Å². The molecule has 3 heteroatoms. The molecule has 0 unspecified atom stereocenters. The van der Waals surface area contributed by atoms with E-state index in [1.54, 1.807) is 0 Å². The lowest BCUT2D eigenvalue weighted by atomic mass is 10.0. The second-order valence-corrected chi connectivity index (χ2v) is 6.03. The van der Waals surface area contributed by atoms with Gasteiger partial charge in [0.1, 0.15) is 0 Å². The molecule has 0 aliphatic heterocycles. The molecule has 0 fully saturated rings. The van der Waals surface area contributed by atoms with Gasteiger partial charge in [0.2, 0.25) is 0 Å². The summed E-state index contributed by atoms with van der Waals surface area (Å²) >= 11 is 6.83. The minimum atomic E-state index is 0.344. The Kier molecular flexibility index (Phi) is 5.43. The van der Waals surface area contributed by atoms with Crippen LogP contribution in [0.2, 0.25) is 0 Å². The van der Waals surface area contributed by atoms with Gasteiger partial charge in [-0.2, -0.15) is 0 Å². The number of thioether (sulfide) groups is 1. The van der Waals surface area contributed by atoms with Crippen LogP contribution in [0.3, 0.4) is 0 Å². The van der Waals surface area contributed by atoms with Crippen LogP contribution in [0.5, 0.6) is 0 Å². The van der Waals surface area contributed by atoms with E-state index < -0.39 is 0 Å². The maximum Gasteiger partial charge on any atom is 0.0735 e. The van der Waals surface area contributed by atoms with E-state index in [2.05, 4.69) is 48.5 Å². The largest absolute Gasteiger partial charge is 0.393 e. The van der Waals surface area contributed by atoms with E-state index in [1.165, 1.54) is 11.1 Å². The molecule has 0 spiro atoms. The van der Waals surface area contributed by atoms with E-state index in [4.69, 9.17) is 18.0 Å². The van der Waals surface area contributed by atoms with Gasteiger partial charge in [0.25, 0.3) is 0 Å². The molecule has 0 bridgehead atoms. The third kappa shape index (κ3) is 4.37. The monoisotopic (exact) mass is 287 g/mol. The van der Waals surface area contributed by atoms with Crippen molar-refractivity contribution < 1.29 is 0 Å². The smallest absolute Gasteiger partial charge is 0.0735 e. The van der Waals surface area contributed by atoms with Crippen LogP contribution in [0.1, 0.15) is 22.8 Å². The summed E-state index contributed by atoms with van der Waals surface area (Å²) in [4.78, 5) is 0.590. The van der Waals surface area contributed by atoms with Gasteiger partial charge in [0.05, 0.1) is 10.2 Å². The second kappa shape index (κ2) is 7.31. The fraction of sp³-hybridized carbons (Fsp3) is 0.188. The molecule has 0 saturated carbocycles. The predicted molar refractivity (Wildman–Crippen MR) is 88.6 cm³/mol. The zero-order valence-corrected chi connectivity index (χ0v) is 12.3. The third-order valence-corrected chi connectivity index (χ3v) is 4.36. The van der Waals surface area contributed by atoms with Gasteiger partial charge in [-0.25, -0.2) is 0 Å². The fourth-order valence-electron chi connectivity index (χ4n) is 1.92. The Hall–Kier alpha value is -1.32. The van der Waals surface area contributed by atoms with Gasteiger partial charge in [-0.05, 0) is 11.1 Å². The maximum atomic E-state index is 5.57. The molecular weight excluding hydrogens is 270 g/mol. The van der Waals surface area contributed by atoms with Crippen LogP contribution in [0.25, 0.3) is 0 Å². The molecule has 2 aromatic carbocycles. The topological polar surface area (TPSA) is 26.0 Å². The summed E-state index contributed by atoms with van der Waals surface area (Å²) in [7, 11) is 0. The van der Waals surface area contributed by atoms with Crippen molar-refractivity contribution in [3.8, 4) is 0 Å². The summed E-state index contributed by atoms with van der Waals surface area (Å²) in [6.07, 6.45) is 0.788. The van der Waals surface area contributed by atoms with Crippen molar-refractivity contribution in [1.82, 2.24) is 0 Å². The molecule has 98 valence electrons. The highest BCUT2D eigenvalue weighted by molar-refractivity contribution is 7.99. The van der Waals surface area contributed by atoms with E-state index in [1.807, 2.05) is 23.9 Å². The van der Waals surface area contributed by atoms with Crippen molar-refractivity contribution in [2.24, 2.45) is 5.73 Å². The summed E-state index contributed by atoms with van der Waals surface area (Å²) < 4.78 is 0.